The van der Waals surface area contributed by atoms with Crippen molar-refractivity contribution in [3.8, 4) is 11.3 Å². The maximum atomic E-state index is 12.6. The fourth-order valence-corrected chi connectivity index (χ4v) is 3.89. The Labute approximate surface area is 175 Å². The van der Waals surface area contributed by atoms with Gasteiger partial charge in [0, 0.05) is 27.3 Å². The fourth-order valence-electron chi connectivity index (χ4n) is 2.43. The van der Waals surface area contributed by atoms with Crippen molar-refractivity contribution < 1.29 is 13.2 Å². The first-order valence-corrected chi connectivity index (χ1v) is 11.1. The Morgan fingerprint density at radius 1 is 1.11 bits per heavy atom. The van der Waals surface area contributed by atoms with Gasteiger partial charge in [0.15, 0.2) is 9.84 Å². The molecule has 0 bridgehead atoms. The van der Waals surface area contributed by atoms with E-state index in [0.29, 0.717) is 5.69 Å². The van der Waals surface area contributed by atoms with E-state index in [4.69, 9.17) is 11.6 Å². The lowest BCUT2D eigenvalue weighted by Crippen LogP contribution is -2.13. The van der Waals surface area contributed by atoms with Crippen LogP contribution in [0.1, 0.15) is 10.4 Å². The van der Waals surface area contributed by atoms with Crippen LogP contribution in [0.3, 0.4) is 0 Å². The van der Waals surface area contributed by atoms with Crippen LogP contribution in [0.15, 0.2) is 65.7 Å². The monoisotopic (exact) mass is 512 g/mol. The summed E-state index contributed by atoms with van der Waals surface area (Å²) in [6.07, 6.45) is 2.78. The molecule has 1 amide bonds. The maximum absolute atomic E-state index is 12.6. The normalized spacial score (nSPS) is 11.2. The lowest BCUT2D eigenvalue weighted by molar-refractivity contribution is 0.102. The van der Waals surface area contributed by atoms with E-state index in [-0.39, 0.29) is 15.5 Å². The number of pyridine rings is 1. The molecule has 0 spiro atoms. The number of carbonyl (C=O) groups is 1. The number of anilines is 1. The van der Waals surface area contributed by atoms with Gasteiger partial charge in [-0.3, -0.25) is 9.78 Å². The Hall–Kier alpha value is -1.97. The molecular formula is C19H14ClIN2O3S. The molecule has 0 aliphatic heterocycles. The predicted octanol–water partition coefficient (Wildman–Crippen LogP) is 4.66. The Kier molecular flexibility index (Phi) is 5.83. The van der Waals surface area contributed by atoms with Gasteiger partial charge in [0.25, 0.3) is 5.91 Å². The number of rotatable bonds is 4. The molecule has 5 nitrogen and oxygen atoms in total. The summed E-state index contributed by atoms with van der Waals surface area (Å²) in [7, 11) is -3.44. The van der Waals surface area contributed by atoms with E-state index >= 15 is 0 Å². The Balaban J connectivity index is 1.94. The molecule has 8 heteroatoms. The van der Waals surface area contributed by atoms with E-state index in [1.54, 1.807) is 12.3 Å². The highest BCUT2D eigenvalue weighted by Gasteiger charge is 2.16. The minimum absolute atomic E-state index is 0.0360. The zero-order chi connectivity index (χ0) is 19.6. The van der Waals surface area contributed by atoms with Gasteiger partial charge in [-0.15, -0.1) is 0 Å². The first-order valence-electron chi connectivity index (χ1n) is 7.77. The molecule has 138 valence electrons. The second-order valence-corrected chi connectivity index (χ2v) is 9.36. The van der Waals surface area contributed by atoms with Crippen molar-refractivity contribution in [1.82, 2.24) is 4.98 Å². The standard InChI is InChI=1S/C19H14ClIN2O3S/c1-27(25,26)13-6-7-16(20)14(11-13)19(24)23-12-5-8-17(21)15(10-12)18-4-2-3-9-22-18/h2-11H,1H3,(H,23,24). The van der Waals surface area contributed by atoms with Crippen LogP contribution in [0, 0.1) is 3.57 Å². The zero-order valence-corrected chi connectivity index (χ0v) is 17.8. The number of nitrogens with one attached hydrogen (secondary N) is 1. The molecule has 0 saturated carbocycles. The van der Waals surface area contributed by atoms with E-state index < -0.39 is 15.7 Å². The Morgan fingerprint density at radius 2 is 1.89 bits per heavy atom. The summed E-state index contributed by atoms with van der Waals surface area (Å²) in [6.45, 7) is 0. The number of amides is 1. The van der Waals surface area contributed by atoms with Gasteiger partial charge >= 0.3 is 0 Å². The summed E-state index contributed by atoms with van der Waals surface area (Å²) in [4.78, 5) is 17.0. The fraction of sp³-hybridized carbons (Fsp3) is 0.0526. The van der Waals surface area contributed by atoms with Crippen molar-refractivity contribution in [3.05, 3.63) is 75.0 Å². The summed E-state index contributed by atoms with van der Waals surface area (Å²) in [5, 5.41) is 2.94. The third-order valence-electron chi connectivity index (χ3n) is 3.78. The molecule has 27 heavy (non-hydrogen) atoms. The van der Waals surface area contributed by atoms with E-state index in [9.17, 15) is 13.2 Å². The third-order valence-corrected chi connectivity index (χ3v) is 6.16. The smallest absolute Gasteiger partial charge is 0.257 e. The molecule has 0 aliphatic rings. The van der Waals surface area contributed by atoms with E-state index in [1.165, 1.54) is 18.2 Å². The SMILES string of the molecule is CS(=O)(=O)c1ccc(Cl)c(C(=O)Nc2ccc(I)c(-c3ccccn3)c2)c1. The molecule has 0 unspecified atom stereocenters. The van der Waals surface area contributed by atoms with Gasteiger partial charge < -0.3 is 5.32 Å². The highest BCUT2D eigenvalue weighted by atomic mass is 127. The summed E-state index contributed by atoms with van der Waals surface area (Å²) in [6, 6.07) is 15.1. The Bertz CT molecular complexity index is 1120. The molecule has 0 saturated heterocycles. The van der Waals surface area contributed by atoms with Crippen LogP contribution in [-0.4, -0.2) is 25.6 Å². The van der Waals surface area contributed by atoms with Crippen molar-refractivity contribution in [1.29, 1.82) is 0 Å². The average molecular weight is 513 g/mol. The summed E-state index contributed by atoms with van der Waals surface area (Å²) >= 11 is 8.30. The third kappa shape index (κ3) is 4.66. The zero-order valence-electron chi connectivity index (χ0n) is 14.1. The van der Waals surface area contributed by atoms with Crippen molar-refractivity contribution in [2.24, 2.45) is 0 Å². The first kappa shape index (κ1) is 19.8. The molecule has 0 aliphatic carbocycles. The van der Waals surface area contributed by atoms with Gasteiger partial charge in [0.05, 0.1) is 21.2 Å². The first-order chi connectivity index (χ1) is 12.8. The summed E-state index contributed by atoms with van der Waals surface area (Å²) in [5.74, 6) is -0.487. The lowest BCUT2D eigenvalue weighted by atomic mass is 10.1. The van der Waals surface area contributed by atoms with Gasteiger partial charge in [-0.2, -0.15) is 0 Å². The quantitative estimate of drug-likeness (QED) is 0.516. The number of aromatic nitrogens is 1. The van der Waals surface area contributed by atoms with E-state index in [2.05, 4.69) is 32.9 Å². The molecule has 3 rings (SSSR count). The van der Waals surface area contributed by atoms with E-state index in [1.807, 2.05) is 30.3 Å². The van der Waals surface area contributed by atoms with Crippen molar-refractivity contribution in [2.75, 3.05) is 11.6 Å². The molecule has 0 fully saturated rings. The molecule has 3 aromatic rings. The number of hydrogen-bond acceptors (Lipinski definition) is 4. The molecule has 0 radical (unpaired) electrons. The Morgan fingerprint density at radius 3 is 2.56 bits per heavy atom. The number of carbonyl (C=O) groups excluding carboxylic acids is 1. The lowest BCUT2D eigenvalue weighted by Gasteiger charge is -2.11. The molecular weight excluding hydrogens is 499 g/mol. The summed E-state index contributed by atoms with van der Waals surface area (Å²) in [5.41, 5.74) is 2.32. The number of benzene rings is 2. The molecule has 1 N–H and O–H groups in total. The van der Waals surface area contributed by atoms with Gasteiger partial charge in [-0.1, -0.05) is 17.7 Å². The topological polar surface area (TPSA) is 76.1 Å². The van der Waals surface area contributed by atoms with Crippen LogP contribution >= 0.6 is 34.2 Å². The van der Waals surface area contributed by atoms with Crippen molar-refractivity contribution in [2.45, 2.75) is 4.90 Å². The molecule has 2 aromatic carbocycles. The van der Waals surface area contributed by atoms with Crippen molar-refractivity contribution >= 4 is 55.6 Å². The second-order valence-electron chi connectivity index (χ2n) is 5.78. The van der Waals surface area contributed by atoms with Gasteiger partial charge in [-0.05, 0) is 71.1 Å². The number of sulfone groups is 1. The predicted molar refractivity (Wildman–Crippen MR) is 115 cm³/mol. The minimum Gasteiger partial charge on any atom is -0.322 e. The van der Waals surface area contributed by atoms with E-state index in [0.717, 1.165) is 21.1 Å². The van der Waals surface area contributed by atoms with Crippen LogP contribution in [0.2, 0.25) is 5.02 Å². The number of hydrogen-bond donors (Lipinski definition) is 1. The van der Waals surface area contributed by atoms with Gasteiger partial charge in [-0.25, -0.2) is 8.42 Å². The highest BCUT2D eigenvalue weighted by molar-refractivity contribution is 14.1. The number of nitrogens with zero attached hydrogens (tertiary/aromatic N) is 1. The largest absolute Gasteiger partial charge is 0.322 e. The van der Waals surface area contributed by atoms with Gasteiger partial charge in [0.2, 0.25) is 0 Å². The van der Waals surface area contributed by atoms with Crippen LogP contribution in [0.4, 0.5) is 5.69 Å². The van der Waals surface area contributed by atoms with Crippen molar-refractivity contribution in [3.63, 3.8) is 0 Å². The van der Waals surface area contributed by atoms with Crippen LogP contribution < -0.4 is 5.32 Å². The molecule has 1 heterocycles. The average Bonchev–Trinajstić information content (AvgIpc) is 2.63. The maximum Gasteiger partial charge on any atom is 0.257 e. The van der Waals surface area contributed by atoms with Crippen LogP contribution in [0.5, 0.6) is 0 Å². The molecule has 0 atom stereocenters. The number of halogens is 2. The summed E-state index contributed by atoms with van der Waals surface area (Å²) < 4.78 is 24.5. The van der Waals surface area contributed by atoms with Crippen LogP contribution in [0.25, 0.3) is 11.3 Å². The molecule has 1 aromatic heterocycles. The highest BCUT2D eigenvalue weighted by Crippen LogP contribution is 2.28. The second kappa shape index (κ2) is 7.95. The minimum atomic E-state index is -3.44. The van der Waals surface area contributed by atoms with Gasteiger partial charge in [0.1, 0.15) is 0 Å². The van der Waals surface area contributed by atoms with Crippen LogP contribution in [-0.2, 0) is 9.84 Å².